The summed E-state index contributed by atoms with van der Waals surface area (Å²) in [4.78, 5) is 0. The lowest BCUT2D eigenvalue weighted by Gasteiger charge is -1.98. The van der Waals surface area contributed by atoms with Gasteiger partial charge in [0.1, 0.15) is 12.8 Å². The van der Waals surface area contributed by atoms with Crippen molar-refractivity contribution in [2.24, 2.45) is 0 Å². The number of hydrogen-bond acceptors (Lipinski definition) is 3. The van der Waals surface area contributed by atoms with Gasteiger partial charge in [-0.05, 0) is 6.92 Å². The van der Waals surface area contributed by atoms with Gasteiger partial charge in [-0.15, -0.1) is 0 Å². The predicted molar refractivity (Wildman–Crippen MR) is 38.6 cm³/mol. The lowest BCUT2D eigenvalue weighted by molar-refractivity contribution is 0.0791. The minimum atomic E-state index is 0.415. The van der Waals surface area contributed by atoms with E-state index in [0.29, 0.717) is 18.9 Å². The Labute approximate surface area is 65.0 Å². The van der Waals surface area contributed by atoms with E-state index in [4.69, 9.17) is 10.00 Å². The summed E-state index contributed by atoms with van der Waals surface area (Å²) in [5.74, 6) is 0. The van der Waals surface area contributed by atoms with E-state index in [1.807, 2.05) is 13.0 Å². The van der Waals surface area contributed by atoms with E-state index in [2.05, 4.69) is 5.10 Å². The molecule has 0 spiro atoms. The van der Waals surface area contributed by atoms with E-state index < -0.39 is 0 Å². The molecule has 0 aliphatic rings. The van der Waals surface area contributed by atoms with Crippen molar-refractivity contribution in [2.75, 3.05) is 6.61 Å². The SMILES string of the molecule is CCOCn1cc(C#N)cn1. The van der Waals surface area contributed by atoms with Crippen molar-refractivity contribution in [1.82, 2.24) is 9.78 Å². The third-order valence-corrected chi connectivity index (χ3v) is 1.19. The molecule has 0 amide bonds. The number of nitriles is 1. The van der Waals surface area contributed by atoms with E-state index in [9.17, 15) is 0 Å². The Morgan fingerprint density at radius 3 is 3.18 bits per heavy atom. The van der Waals surface area contributed by atoms with E-state index >= 15 is 0 Å². The van der Waals surface area contributed by atoms with E-state index in [0.717, 1.165) is 0 Å². The van der Waals surface area contributed by atoms with Crippen LogP contribution in [-0.2, 0) is 11.5 Å². The summed E-state index contributed by atoms with van der Waals surface area (Å²) in [6.45, 7) is 2.98. The molecular weight excluding hydrogens is 142 g/mol. The van der Waals surface area contributed by atoms with Gasteiger partial charge < -0.3 is 4.74 Å². The second kappa shape index (κ2) is 3.74. The second-order valence-electron chi connectivity index (χ2n) is 2.00. The Morgan fingerprint density at radius 1 is 1.82 bits per heavy atom. The lowest BCUT2D eigenvalue weighted by Crippen LogP contribution is -2.01. The molecule has 1 rings (SSSR count). The molecule has 1 heterocycles. The van der Waals surface area contributed by atoms with Crippen LogP contribution in [0, 0.1) is 11.3 Å². The van der Waals surface area contributed by atoms with Crippen LogP contribution in [0.25, 0.3) is 0 Å². The molecule has 0 fully saturated rings. The molecule has 58 valence electrons. The van der Waals surface area contributed by atoms with Crippen LogP contribution in [0.2, 0.25) is 0 Å². The Bertz CT molecular complexity index is 261. The first-order valence-electron chi connectivity index (χ1n) is 3.37. The lowest BCUT2D eigenvalue weighted by atomic mass is 10.4. The van der Waals surface area contributed by atoms with Gasteiger partial charge in [-0.25, -0.2) is 4.68 Å². The van der Waals surface area contributed by atoms with Crippen LogP contribution in [0.1, 0.15) is 12.5 Å². The fourth-order valence-corrected chi connectivity index (χ4v) is 0.677. The fraction of sp³-hybridized carbons (Fsp3) is 0.429. The van der Waals surface area contributed by atoms with Crippen LogP contribution < -0.4 is 0 Å². The Hall–Kier alpha value is -1.34. The van der Waals surface area contributed by atoms with Crippen molar-refractivity contribution >= 4 is 0 Å². The van der Waals surface area contributed by atoms with Crippen LogP contribution in [0.4, 0.5) is 0 Å². The van der Waals surface area contributed by atoms with E-state index in [-0.39, 0.29) is 0 Å². The molecule has 4 heteroatoms. The largest absolute Gasteiger partial charge is 0.360 e. The minimum Gasteiger partial charge on any atom is -0.360 e. The number of rotatable bonds is 3. The first-order valence-corrected chi connectivity index (χ1v) is 3.37. The summed E-state index contributed by atoms with van der Waals surface area (Å²) in [5.41, 5.74) is 0.560. The van der Waals surface area contributed by atoms with Crippen molar-refractivity contribution in [2.45, 2.75) is 13.7 Å². The fourth-order valence-electron chi connectivity index (χ4n) is 0.677. The van der Waals surface area contributed by atoms with Gasteiger partial charge in [0.05, 0.1) is 11.8 Å². The van der Waals surface area contributed by atoms with Crippen LogP contribution >= 0.6 is 0 Å². The van der Waals surface area contributed by atoms with Crippen LogP contribution in [0.15, 0.2) is 12.4 Å². The topological polar surface area (TPSA) is 50.8 Å². The van der Waals surface area contributed by atoms with Gasteiger partial charge in [0.2, 0.25) is 0 Å². The molecule has 1 aromatic heterocycles. The average molecular weight is 151 g/mol. The molecule has 4 nitrogen and oxygen atoms in total. The first kappa shape index (κ1) is 7.76. The summed E-state index contributed by atoms with van der Waals surface area (Å²) >= 11 is 0. The number of ether oxygens (including phenoxy) is 1. The number of nitrogens with zero attached hydrogens (tertiary/aromatic N) is 3. The van der Waals surface area contributed by atoms with Gasteiger partial charge in [-0.1, -0.05) is 0 Å². The molecular formula is C7H9N3O. The summed E-state index contributed by atoms with van der Waals surface area (Å²) in [7, 11) is 0. The Kier molecular flexibility index (Phi) is 2.64. The maximum absolute atomic E-state index is 8.43. The van der Waals surface area contributed by atoms with Crippen molar-refractivity contribution in [3.63, 3.8) is 0 Å². The van der Waals surface area contributed by atoms with Gasteiger partial charge in [0.25, 0.3) is 0 Å². The molecule has 0 saturated heterocycles. The highest BCUT2D eigenvalue weighted by atomic mass is 16.5. The number of aromatic nitrogens is 2. The molecule has 0 aromatic carbocycles. The Balaban J connectivity index is 2.53. The Morgan fingerprint density at radius 2 is 2.64 bits per heavy atom. The number of hydrogen-bond donors (Lipinski definition) is 0. The second-order valence-corrected chi connectivity index (χ2v) is 2.00. The predicted octanol–water partition coefficient (Wildman–Crippen LogP) is 0.749. The van der Waals surface area contributed by atoms with Gasteiger partial charge in [-0.2, -0.15) is 10.4 Å². The normalized spacial score (nSPS) is 9.45. The van der Waals surface area contributed by atoms with Crippen LogP contribution in [-0.4, -0.2) is 16.4 Å². The molecule has 0 aliphatic carbocycles. The third kappa shape index (κ3) is 2.06. The van der Waals surface area contributed by atoms with E-state index in [1.54, 1.807) is 10.9 Å². The molecule has 0 saturated carbocycles. The van der Waals surface area contributed by atoms with Crippen LogP contribution in [0.5, 0.6) is 0 Å². The third-order valence-electron chi connectivity index (χ3n) is 1.19. The standard InChI is InChI=1S/C7H9N3O/c1-2-11-6-10-5-7(3-8)4-9-10/h4-5H,2,6H2,1H3. The molecule has 1 aromatic rings. The minimum absolute atomic E-state index is 0.415. The molecule has 0 atom stereocenters. The first-order chi connectivity index (χ1) is 5.36. The maximum atomic E-state index is 8.43. The summed E-state index contributed by atoms with van der Waals surface area (Å²) in [5, 5.41) is 12.3. The monoisotopic (exact) mass is 151 g/mol. The highest BCUT2D eigenvalue weighted by Gasteiger charge is 1.94. The molecule has 0 N–H and O–H groups in total. The van der Waals surface area contributed by atoms with E-state index in [1.165, 1.54) is 6.20 Å². The summed E-state index contributed by atoms with van der Waals surface area (Å²) < 4.78 is 6.65. The van der Waals surface area contributed by atoms with Gasteiger partial charge in [0, 0.05) is 12.8 Å². The van der Waals surface area contributed by atoms with Crippen molar-refractivity contribution in [1.29, 1.82) is 5.26 Å². The zero-order valence-corrected chi connectivity index (χ0v) is 6.32. The molecule has 11 heavy (non-hydrogen) atoms. The van der Waals surface area contributed by atoms with Gasteiger partial charge in [0.15, 0.2) is 0 Å². The van der Waals surface area contributed by atoms with Gasteiger partial charge in [-0.3, -0.25) is 0 Å². The van der Waals surface area contributed by atoms with Crippen LogP contribution in [0.3, 0.4) is 0 Å². The summed E-state index contributed by atoms with van der Waals surface area (Å²) in [6.07, 6.45) is 3.16. The molecule has 0 bridgehead atoms. The zero-order valence-electron chi connectivity index (χ0n) is 6.32. The van der Waals surface area contributed by atoms with Crippen molar-refractivity contribution in [3.05, 3.63) is 18.0 Å². The molecule has 0 radical (unpaired) electrons. The molecule has 0 aliphatic heterocycles. The molecule has 0 unspecified atom stereocenters. The van der Waals surface area contributed by atoms with Crippen molar-refractivity contribution < 1.29 is 4.74 Å². The average Bonchev–Trinajstić information content (AvgIpc) is 2.48. The highest BCUT2D eigenvalue weighted by Crippen LogP contribution is 1.94. The smallest absolute Gasteiger partial charge is 0.139 e. The van der Waals surface area contributed by atoms with Gasteiger partial charge >= 0.3 is 0 Å². The van der Waals surface area contributed by atoms with Crippen molar-refractivity contribution in [3.8, 4) is 6.07 Å². The zero-order chi connectivity index (χ0) is 8.10. The highest BCUT2D eigenvalue weighted by molar-refractivity contribution is 5.21. The summed E-state index contributed by atoms with van der Waals surface area (Å²) in [6, 6.07) is 1.98. The quantitative estimate of drug-likeness (QED) is 0.640. The maximum Gasteiger partial charge on any atom is 0.139 e.